The highest BCUT2D eigenvalue weighted by atomic mass is 16.7. The zero-order valence-electron chi connectivity index (χ0n) is 13.7. The fraction of sp³-hybridized carbons (Fsp3) is 0.647. The van der Waals surface area contributed by atoms with Crippen molar-refractivity contribution in [2.45, 2.75) is 50.0 Å². The van der Waals surface area contributed by atoms with Gasteiger partial charge in [-0.1, -0.05) is 12.1 Å². The maximum absolute atomic E-state index is 9.85. The number of aryl methyl sites for hydroxylation is 1. The molecular weight excluding hydrogens is 316 g/mol. The first-order chi connectivity index (χ1) is 11.6. The molecule has 0 amide bonds. The van der Waals surface area contributed by atoms with Gasteiger partial charge in [0.15, 0.2) is 6.29 Å². The van der Waals surface area contributed by atoms with Gasteiger partial charge in [0.25, 0.3) is 0 Å². The number of benzene rings is 1. The summed E-state index contributed by atoms with van der Waals surface area (Å²) in [5, 5.41) is 38.3. The molecule has 1 unspecified atom stereocenters. The van der Waals surface area contributed by atoms with Gasteiger partial charge in [-0.2, -0.15) is 0 Å². The number of aliphatic hydroxyl groups excluding tert-OH is 4. The Morgan fingerprint density at radius 2 is 1.71 bits per heavy atom. The van der Waals surface area contributed by atoms with Crippen LogP contribution in [0, 0.1) is 0 Å². The van der Waals surface area contributed by atoms with E-state index in [0.717, 1.165) is 25.0 Å². The fourth-order valence-electron chi connectivity index (χ4n) is 2.63. The van der Waals surface area contributed by atoms with Crippen LogP contribution >= 0.6 is 0 Å². The second-order valence-electron chi connectivity index (χ2n) is 5.87. The predicted octanol–water partition coefficient (Wildman–Crippen LogP) is -0.166. The fourth-order valence-corrected chi connectivity index (χ4v) is 2.63. The highest BCUT2D eigenvalue weighted by Crippen LogP contribution is 2.22. The first-order valence-electron chi connectivity index (χ1n) is 8.12. The molecule has 1 aromatic carbocycles. The monoisotopic (exact) mass is 342 g/mol. The SMILES string of the molecule is COc1ccc(CCCCOC2O[C@H](CO)[C@@H](O)[C@H](O)[C@H]2O)cc1. The van der Waals surface area contributed by atoms with Crippen LogP contribution in [-0.2, 0) is 15.9 Å². The van der Waals surface area contributed by atoms with E-state index in [4.69, 9.17) is 19.3 Å². The van der Waals surface area contributed by atoms with Gasteiger partial charge < -0.3 is 34.6 Å². The van der Waals surface area contributed by atoms with E-state index >= 15 is 0 Å². The Bertz CT molecular complexity index is 476. The summed E-state index contributed by atoms with van der Waals surface area (Å²) < 4.78 is 15.8. The molecule has 1 aliphatic rings. The Labute approximate surface area is 141 Å². The molecule has 0 saturated carbocycles. The summed E-state index contributed by atoms with van der Waals surface area (Å²) in [7, 11) is 1.63. The molecule has 7 nitrogen and oxygen atoms in total. The van der Waals surface area contributed by atoms with E-state index in [-0.39, 0.29) is 0 Å². The molecule has 24 heavy (non-hydrogen) atoms. The van der Waals surface area contributed by atoms with Gasteiger partial charge >= 0.3 is 0 Å². The zero-order chi connectivity index (χ0) is 17.5. The maximum Gasteiger partial charge on any atom is 0.186 e. The van der Waals surface area contributed by atoms with Crippen molar-refractivity contribution in [1.29, 1.82) is 0 Å². The molecule has 5 atom stereocenters. The van der Waals surface area contributed by atoms with E-state index in [9.17, 15) is 15.3 Å². The summed E-state index contributed by atoms with van der Waals surface area (Å²) in [6.07, 6.45) is -3.56. The third-order valence-electron chi connectivity index (χ3n) is 4.15. The first-order valence-corrected chi connectivity index (χ1v) is 8.12. The topological polar surface area (TPSA) is 109 Å². The number of aliphatic hydroxyl groups is 4. The molecule has 1 aromatic rings. The minimum absolute atomic E-state index is 0.346. The van der Waals surface area contributed by atoms with Gasteiger partial charge in [0.05, 0.1) is 13.7 Å². The van der Waals surface area contributed by atoms with Crippen LogP contribution in [-0.4, -0.2) is 71.5 Å². The third-order valence-corrected chi connectivity index (χ3v) is 4.15. The lowest BCUT2D eigenvalue weighted by Gasteiger charge is -2.39. The molecule has 2 rings (SSSR count). The van der Waals surface area contributed by atoms with Crippen molar-refractivity contribution in [3.63, 3.8) is 0 Å². The van der Waals surface area contributed by atoms with Crippen LogP contribution in [0.15, 0.2) is 24.3 Å². The Balaban J connectivity index is 1.69. The number of rotatable bonds is 8. The van der Waals surface area contributed by atoms with Gasteiger partial charge in [0, 0.05) is 6.61 Å². The van der Waals surface area contributed by atoms with E-state index in [1.54, 1.807) is 7.11 Å². The summed E-state index contributed by atoms with van der Waals surface area (Å²) in [4.78, 5) is 0. The number of hydrogen-bond acceptors (Lipinski definition) is 7. The first kappa shape index (κ1) is 19.1. The quantitative estimate of drug-likeness (QED) is 0.486. The average molecular weight is 342 g/mol. The lowest BCUT2D eigenvalue weighted by Crippen LogP contribution is -2.59. The highest BCUT2D eigenvalue weighted by molar-refractivity contribution is 5.27. The lowest BCUT2D eigenvalue weighted by molar-refractivity contribution is -0.301. The smallest absolute Gasteiger partial charge is 0.186 e. The van der Waals surface area contributed by atoms with Crippen LogP contribution in [0.3, 0.4) is 0 Å². The van der Waals surface area contributed by atoms with Crippen molar-refractivity contribution in [2.24, 2.45) is 0 Å². The van der Waals surface area contributed by atoms with Crippen molar-refractivity contribution in [3.05, 3.63) is 29.8 Å². The van der Waals surface area contributed by atoms with Crippen LogP contribution in [0.2, 0.25) is 0 Å². The van der Waals surface area contributed by atoms with E-state index in [1.807, 2.05) is 24.3 Å². The molecule has 0 spiro atoms. The average Bonchev–Trinajstić information content (AvgIpc) is 2.61. The Morgan fingerprint density at radius 3 is 2.33 bits per heavy atom. The van der Waals surface area contributed by atoms with Crippen molar-refractivity contribution < 1.29 is 34.6 Å². The molecule has 4 N–H and O–H groups in total. The van der Waals surface area contributed by atoms with Gasteiger partial charge in [0.2, 0.25) is 0 Å². The molecular formula is C17H26O7. The summed E-state index contributed by atoms with van der Waals surface area (Å²) in [6, 6.07) is 7.86. The second-order valence-corrected chi connectivity index (χ2v) is 5.87. The summed E-state index contributed by atoms with van der Waals surface area (Å²) in [5.74, 6) is 0.824. The van der Waals surface area contributed by atoms with Gasteiger partial charge in [-0.15, -0.1) is 0 Å². The summed E-state index contributed by atoms with van der Waals surface area (Å²) in [6.45, 7) is -0.110. The van der Waals surface area contributed by atoms with Crippen LogP contribution in [0.5, 0.6) is 5.75 Å². The van der Waals surface area contributed by atoms with Crippen molar-refractivity contribution in [3.8, 4) is 5.75 Å². The molecule has 0 aromatic heterocycles. The standard InChI is InChI=1S/C17H26O7/c1-22-12-7-5-11(6-8-12)4-2-3-9-23-17-16(21)15(20)14(19)13(10-18)24-17/h5-8,13-21H,2-4,9-10H2,1H3/t13-,14-,15+,16-,17?/m1/s1. The second kappa shape index (κ2) is 9.31. The number of unbranched alkanes of at least 4 members (excludes halogenated alkanes) is 1. The van der Waals surface area contributed by atoms with E-state index in [1.165, 1.54) is 5.56 Å². The Morgan fingerprint density at radius 1 is 1.00 bits per heavy atom. The largest absolute Gasteiger partial charge is 0.497 e. The molecule has 1 saturated heterocycles. The van der Waals surface area contributed by atoms with Crippen molar-refractivity contribution >= 4 is 0 Å². The molecule has 1 heterocycles. The molecule has 0 aliphatic carbocycles. The molecule has 7 heteroatoms. The molecule has 1 fully saturated rings. The van der Waals surface area contributed by atoms with Crippen molar-refractivity contribution in [1.82, 2.24) is 0 Å². The van der Waals surface area contributed by atoms with Crippen molar-refractivity contribution in [2.75, 3.05) is 20.3 Å². The predicted molar refractivity (Wildman–Crippen MR) is 85.7 cm³/mol. The van der Waals surface area contributed by atoms with Gasteiger partial charge in [0.1, 0.15) is 30.2 Å². The molecule has 136 valence electrons. The van der Waals surface area contributed by atoms with E-state index in [0.29, 0.717) is 6.61 Å². The highest BCUT2D eigenvalue weighted by Gasteiger charge is 2.43. The normalized spacial score (nSPS) is 30.3. The van der Waals surface area contributed by atoms with Gasteiger partial charge in [-0.25, -0.2) is 0 Å². The molecule has 0 radical (unpaired) electrons. The molecule has 0 bridgehead atoms. The Hall–Kier alpha value is -1.22. The van der Waals surface area contributed by atoms with Crippen LogP contribution in [0.4, 0.5) is 0 Å². The summed E-state index contributed by atoms with van der Waals surface area (Å²) >= 11 is 0. The summed E-state index contributed by atoms with van der Waals surface area (Å²) in [5.41, 5.74) is 1.20. The number of methoxy groups -OCH3 is 1. The number of hydrogen-bond donors (Lipinski definition) is 4. The minimum atomic E-state index is -1.40. The van der Waals surface area contributed by atoms with Crippen LogP contribution in [0.25, 0.3) is 0 Å². The zero-order valence-corrected chi connectivity index (χ0v) is 13.7. The van der Waals surface area contributed by atoms with E-state index in [2.05, 4.69) is 0 Å². The lowest BCUT2D eigenvalue weighted by atomic mass is 9.99. The maximum atomic E-state index is 9.85. The van der Waals surface area contributed by atoms with Crippen LogP contribution < -0.4 is 4.74 Å². The van der Waals surface area contributed by atoms with Crippen LogP contribution in [0.1, 0.15) is 18.4 Å². The van der Waals surface area contributed by atoms with E-state index < -0.39 is 37.3 Å². The van der Waals surface area contributed by atoms with Gasteiger partial charge in [-0.05, 0) is 37.0 Å². The Kier molecular flexibility index (Phi) is 7.41. The van der Waals surface area contributed by atoms with Gasteiger partial charge in [-0.3, -0.25) is 0 Å². The number of ether oxygens (including phenoxy) is 3. The minimum Gasteiger partial charge on any atom is -0.497 e. The third kappa shape index (κ3) is 4.89. The molecule has 1 aliphatic heterocycles.